The number of amides is 1. The molecule has 6 nitrogen and oxygen atoms in total. The van der Waals surface area contributed by atoms with Crippen molar-refractivity contribution in [2.45, 2.75) is 32.4 Å². The first kappa shape index (κ1) is 22.4. The molecule has 6 rings (SSSR count). The lowest BCUT2D eigenvalue weighted by molar-refractivity contribution is -0.132. The molecule has 0 spiro atoms. The first-order valence-corrected chi connectivity index (χ1v) is 12.4. The van der Waals surface area contributed by atoms with E-state index in [0.717, 1.165) is 28.2 Å². The number of fused-ring (bicyclic) bond motifs is 2. The van der Waals surface area contributed by atoms with Gasteiger partial charge in [0.15, 0.2) is 5.13 Å². The maximum Gasteiger partial charge on any atom is 0.301 e. The SMILES string of the molecule is Cc1ccc([C@@H]2C(=C(O)c3ccc4c(c3)C[C@@H](C)O4)C(=O)C(=O)N2c2nc3ccc(F)cc3s2)cc1. The first-order valence-electron chi connectivity index (χ1n) is 11.5. The van der Waals surface area contributed by atoms with Crippen LogP contribution in [0.3, 0.4) is 0 Å². The lowest BCUT2D eigenvalue weighted by atomic mass is 9.94. The summed E-state index contributed by atoms with van der Waals surface area (Å²) in [5.74, 6) is -1.51. The number of halogens is 1. The number of hydrogen-bond acceptors (Lipinski definition) is 6. The van der Waals surface area contributed by atoms with Crippen molar-refractivity contribution in [2.24, 2.45) is 0 Å². The number of aromatic nitrogens is 1. The number of rotatable bonds is 3. The number of nitrogens with zero attached hydrogens (tertiary/aromatic N) is 2. The summed E-state index contributed by atoms with van der Waals surface area (Å²) in [5.41, 5.74) is 3.55. The predicted octanol–water partition coefficient (Wildman–Crippen LogP) is 5.69. The van der Waals surface area contributed by atoms with Crippen molar-refractivity contribution < 1.29 is 23.8 Å². The predicted molar refractivity (Wildman–Crippen MR) is 136 cm³/mol. The minimum Gasteiger partial charge on any atom is -0.507 e. The van der Waals surface area contributed by atoms with Gasteiger partial charge < -0.3 is 9.84 Å². The number of aliphatic hydroxyl groups excluding tert-OH is 1. The van der Waals surface area contributed by atoms with E-state index in [0.29, 0.717) is 27.8 Å². The molecular weight excluding hydrogens is 479 g/mol. The van der Waals surface area contributed by atoms with Crippen LogP contribution in [0.2, 0.25) is 0 Å². The minimum absolute atomic E-state index is 0.0128. The molecule has 3 aromatic carbocycles. The van der Waals surface area contributed by atoms with Gasteiger partial charge in [-0.1, -0.05) is 41.2 Å². The Kier molecular flexibility index (Phi) is 5.15. The highest BCUT2D eigenvalue weighted by molar-refractivity contribution is 7.22. The average Bonchev–Trinajstić information content (AvgIpc) is 3.51. The van der Waals surface area contributed by atoms with Crippen molar-refractivity contribution in [3.05, 3.63) is 94.3 Å². The molecule has 0 unspecified atom stereocenters. The van der Waals surface area contributed by atoms with Crippen molar-refractivity contribution in [3.63, 3.8) is 0 Å². The molecule has 3 heterocycles. The Labute approximate surface area is 210 Å². The van der Waals surface area contributed by atoms with Crippen LogP contribution in [0.4, 0.5) is 9.52 Å². The third-order valence-corrected chi connectivity index (χ3v) is 7.57. The highest BCUT2D eigenvalue weighted by atomic mass is 32.1. The number of carbonyl (C=O) groups is 2. The molecule has 0 saturated carbocycles. The van der Waals surface area contributed by atoms with Gasteiger partial charge in [0.1, 0.15) is 23.4 Å². The van der Waals surface area contributed by atoms with Crippen molar-refractivity contribution >= 4 is 44.1 Å². The molecule has 36 heavy (non-hydrogen) atoms. The van der Waals surface area contributed by atoms with Gasteiger partial charge in [0.25, 0.3) is 5.78 Å². The molecule has 180 valence electrons. The molecule has 4 aromatic rings. The van der Waals surface area contributed by atoms with Gasteiger partial charge in [-0.05, 0) is 61.4 Å². The molecule has 1 amide bonds. The van der Waals surface area contributed by atoms with Crippen LogP contribution >= 0.6 is 11.3 Å². The van der Waals surface area contributed by atoms with Crippen molar-refractivity contribution in [2.75, 3.05) is 4.90 Å². The van der Waals surface area contributed by atoms with E-state index in [1.165, 1.54) is 23.1 Å². The van der Waals surface area contributed by atoms with E-state index in [9.17, 15) is 19.1 Å². The third-order valence-electron chi connectivity index (χ3n) is 6.55. The number of ketones is 1. The Balaban J connectivity index is 1.53. The summed E-state index contributed by atoms with van der Waals surface area (Å²) in [6, 6.07) is 16.0. The number of hydrogen-bond donors (Lipinski definition) is 1. The van der Waals surface area contributed by atoms with Gasteiger partial charge in [-0.15, -0.1) is 0 Å². The number of anilines is 1. The number of aryl methyl sites for hydroxylation is 1. The fourth-order valence-corrected chi connectivity index (χ4v) is 5.83. The largest absolute Gasteiger partial charge is 0.507 e. The van der Waals surface area contributed by atoms with Crippen LogP contribution in [0.1, 0.15) is 35.2 Å². The molecule has 2 aliphatic rings. The van der Waals surface area contributed by atoms with Crippen LogP contribution in [-0.2, 0) is 16.0 Å². The average molecular weight is 501 g/mol. The topological polar surface area (TPSA) is 79.7 Å². The summed E-state index contributed by atoms with van der Waals surface area (Å²) >= 11 is 1.12. The second kappa shape index (κ2) is 8.27. The normalized spacial score (nSPS) is 20.7. The number of carbonyl (C=O) groups excluding carboxylic acids is 2. The van der Waals surface area contributed by atoms with Crippen molar-refractivity contribution in [3.8, 4) is 5.75 Å². The number of ether oxygens (including phenoxy) is 1. The Morgan fingerprint density at radius 1 is 1.11 bits per heavy atom. The molecule has 0 bridgehead atoms. The van der Waals surface area contributed by atoms with Gasteiger partial charge in [-0.3, -0.25) is 14.5 Å². The Hall–Kier alpha value is -4.04. The quantitative estimate of drug-likeness (QED) is 0.222. The zero-order valence-electron chi connectivity index (χ0n) is 19.5. The summed E-state index contributed by atoms with van der Waals surface area (Å²) in [4.78, 5) is 32.6. The van der Waals surface area contributed by atoms with Crippen LogP contribution < -0.4 is 9.64 Å². The Morgan fingerprint density at radius 3 is 2.67 bits per heavy atom. The molecule has 1 N–H and O–H groups in total. The number of aliphatic hydroxyl groups is 1. The molecule has 8 heteroatoms. The first-order chi connectivity index (χ1) is 17.3. The molecule has 0 aliphatic carbocycles. The molecule has 2 aliphatic heterocycles. The van der Waals surface area contributed by atoms with E-state index in [1.54, 1.807) is 18.2 Å². The monoisotopic (exact) mass is 500 g/mol. The molecule has 1 saturated heterocycles. The molecule has 2 atom stereocenters. The lowest BCUT2D eigenvalue weighted by Gasteiger charge is -2.23. The zero-order valence-corrected chi connectivity index (χ0v) is 20.3. The van der Waals surface area contributed by atoms with Crippen molar-refractivity contribution in [1.82, 2.24) is 4.98 Å². The summed E-state index contributed by atoms with van der Waals surface area (Å²) in [5, 5.41) is 11.7. The van der Waals surface area contributed by atoms with E-state index in [2.05, 4.69) is 4.98 Å². The van der Waals surface area contributed by atoms with Crippen LogP contribution in [0.15, 0.2) is 66.2 Å². The zero-order chi connectivity index (χ0) is 25.1. The van der Waals surface area contributed by atoms with E-state index < -0.39 is 23.5 Å². The maximum atomic E-state index is 13.8. The number of thiazole rings is 1. The van der Waals surface area contributed by atoms with Gasteiger partial charge in [0.2, 0.25) is 0 Å². The lowest BCUT2D eigenvalue weighted by Crippen LogP contribution is -2.29. The van der Waals surface area contributed by atoms with Crippen LogP contribution in [0.25, 0.3) is 16.0 Å². The van der Waals surface area contributed by atoms with Gasteiger partial charge in [-0.2, -0.15) is 0 Å². The summed E-state index contributed by atoms with van der Waals surface area (Å²) < 4.78 is 20.1. The van der Waals surface area contributed by atoms with Crippen LogP contribution in [0.5, 0.6) is 5.75 Å². The summed E-state index contributed by atoms with van der Waals surface area (Å²) in [7, 11) is 0. The standard InChI is InChI=1S/C28H21FN2O4S/c1-14-3-5-16(6-4-14)24-23(25(32)17-7-10-21-18(12-17)11-15(2)35-21)26(33)27(34)31(24)28-30-20-9-8-19(29)13-22(20)36-28/h3-10,12-13,15,24,32H,11H2,1-2H3/t15-,24-/m1/s1. The fraction of sp³-hybridized carbons (Fsp3) is 0.179. The van der Waals surface area contributed by atoms with E-state index in [-0.39, 0.29) is 22.6 Å². The maximum absolute atomic E-state index is 13.8. The Bertz CT molecular complexity index is 1590. The molecule has 0 radical (unpaired) electrons. The van der Waals surface area contributed by atoms with E-state index >= 15 is 0 Å². The van der Waals surface area contributed by atoms with Gasteiger partial charge in [0.05, 0.1) is 21.8 Å². The number of benzene rings is 3. The minimum atomic E-state index is -0.889. The van der Waals surface area contributed by atoms with Gasteiger partial charge in [0, 0.05) is 12.0 Å². The second-order valence-corrected chi connectivity index (χ2v) is 10.2. The van der Waals surface area contributed by atoms with Crippen LogP contribution in [-0.4, -0.2) is 27.9 Å². The molecule has 1 fully saturated rings. The summed E-state index contributed by atoms with van der Waals surface area (Å²) in [6.07, 6.45) is 0.716. The second-order valence-electron chi connectivity index (χ2n) is 9.14. The highest BCUT2D eigenvalue weighted by Crippen LogP contribution is 2.45. The fourth-order valence-electron chi connectivity index (χ4n) is 4.81. The third kappa shape index (κ3) is 3.56. The highest BCUT2D eigenvalue weighted by Gasteiger charge is 2.48. The Morgan fingerprint density at radius 2 is 1.89 bits per heavy atom. The molecule has 1 aromatic heterocycles. The van der Waals surface area contributed by atoms with Crippen LogP contribution in [0, 0.1) is 12.7 Å². The number of Topliss-reactive ketones (excluding diaryl/α,β-unsaturated/α-hetero) is 1. The van der Waals surface area contributed by atoms with E-state index in [1.807, 2.05) is 38.1 Å². The molecular formula is C28H21FN2O4S. The smallest absolute Gasteiger partial charge is 0.301 e. The van der Waals surface area contributed by atoms with Gasteiger partial charge >= 0.3 is 5.91 Å². The van der Waals surface area contributed by atoms with Crippen molar-refractivity contribution in [1.29, 1.82) is 0 Å². The van der Waals surface area contributed by atoms with E-state index in [4.69, 9.17) is 4.74 Å². The summed E-state index contributed by atoms with van der Waals surface area (Å²) in [6.45, 7) is 3.91. The van der Waals surface area contributed by atoms with Gasteiger partial charge in [-0.25, -0.2) is 9.37 Å².